The van der Waals surface area contributed by atoms with Gasteiger partial charge in [0.2, 0.25) is 12.1 Å². The monoisotopic (exact) mass is 300 g/mol. The number of hydrogen-bond acceptors (Lipinski definition) is 6. The molecule has 0 saturated heterocycles. The second-order valence-corrected chi connectivity index (χ2v) is 4.24. The number of benzene rings is 1. The summed E-state index contributed by atoms with van der Waals surface area (Å²) in [6.45, 7) is 1.45. The van der Waals surface area contributed by atoms with Gasteiger partial charge in [-0.25, -0.2) is 4.79 Å². The summed E-state index contributed by atoms with van der Waals surface area (Å²) in [6.07, 6.45) is -1.91. The minimum Gasteiger partial charge on any atom is -0.479 e. The minimum atomic E-state index is -1.91. The summed E-state index contributed by atoms with van der Waals surface area (Å²) in [5.41, 5.74) is 6.52. The number of aliphatic carboxylic acids is 1. The maximum absolute atomic E-state index is 10.1. The Hall–Kier alpha value is -2.03. The van der Waals surface area contributed by atoms with E-state index < -0.39 is 23.0 Å². The van der Waals surface area contributed by atoms with Gasteiger partial charge in [-0.3, -0.25) is 10.1 Å². The third-order valence-corrected chi connectivity index (χ3v) is 2.73. The van der Waals surface area contributed by atoms with Gasteiger partial charge in [0.15, 0.2) is 0 Å². The van der Waals surface area contributed by atoms with Crippen molar-refractivity contribution in [2.24, 2.45) is 5.73 Å². The second-order valence-electron chi connectivity index (χ2n) is 4.24. The third kappa shape index (κ3) is 6.80. The summed E-state index contributed by atoms with van der Waals surface area (Å²) in [6, 6.07) is 7.90. The number of nitrogens with two attached hydrogens (primary N) is 1. The lowest BCUT2D eigenvalue weighted by Crippen LogP contribution is -2.38. The number of aliphatic hydroxyl groups is 2. The molecule has 3 atom stereocenters. The summed E-state index contributed by atoms with van der Waals surface area (Å²) in [5.74, 6) is -1.56. The van der Waals surface area contributed by atoms with Crippen LogP contribution in [-0.4, -0.2) is 45.0 Å². The standard InChI is InChI=1S/C8H11NO.C5H9NO5/c9-8(6-10)7-4-2-1-3-5-7;1-2-3(6(10)11)4(7)5(8)9/h1-5,8,10H,6,9H2;3-4,7H,2H2,1H3,(H,8,9). The van der Waals surface area contributed by atoms with Crippen molar-refractivity contribution in [1.82, 2.24) is 0 Å². The van der Waals surface area contributed by atoms with Crippen LogP contribution in [-0.2, 0) is 4.79 Å². The highest BCUT2D eigenvalue weighted by atomic mass is 16.6. The van der Waals surface area contributed by atoms with E-state index in [1.165, 1.54) is 6.92 Å². The Morgan fingerprint density at radius 1 is 1.38 bits per heavy atom. The lowest BCUT2D eigenvalue weighted by atomic mass is 10.1. The van der Waals surface area contributed by atoms with Crippen molar-refractivity contribution in [3.63, 3.8) is 0 Å². The SMILES string of the molecule is CCC(C(O)C(=O)O)[N+](=O)[O-].NC(CO)c1ccccc1. The fourth-order valence-corrected chi connectivity index (χ4v) is 1.46. The molecule has 5 N–H and O–H groups in total. The average molecular weight is 300 g/mol. The molecule has 1 aromatic carbocycles. The predicted octanol–water partition coefficient (Wildman–Crippen LogP) is 0.166. The van der Waals surface area contributed by atoms with Gasteiger partial charge in [0, 0.05) is 11.3 Å². The molecule has 0 radical (unpaired) electrons. The molecule has 1 rings (SSSR count). The maximum atomic E-state index is 10.1. The number of carboxylic acid groups (broad SMARTS) is 1. The topological polar surface area (TPSA) is 147 Å². The molecule has 0 bridgehead atoms. The first-order chi connectivity index (χ1) is 9.84. The van der Waals surface area contributed by atoms with E-state index >= 15 is 0 Å². The third-order valence-electron chi connectivity index (χ3n) is 2.73. The summed E-state index contributed by atoms with van der Waals surface area (Å²) >= 11 is 0. The van der Waals surface area contributed by atoms with Crippen LogP contribution in [0.5, 0.6) is 0 Å². The average Bonchev–Trinajstić information content (AvgIpc) is 2.48. The number of nitrogens with zero attached hydrogens (tertiary/aromatic N) is 1. The predicted molar refractivity (Wildman–Crippen MR) is 75.2 cm³/mol. The maximum Gasteiger partial charge on any atom is 0.339 e. The van der Waals surface area contributed by atoms with Crippen LogP contribution in [0, 0.1) is 10.1 Å². The molecular formula is C13H20N2O6. The minimum absolute atomic E-state index is 0.000463. The highest BCUT2D eigenvalue weighted by Gasteiger charge is 2.33. The Bertz CT molecular complexity index is 440. The molecule has 0 amide bonds. The van der Waals surface area contributed by atoms with E-state index in [0.717, 1.165) is 5.56 Å². The lowest BCUT2D eigenvalue weighted by Gasteiger charge is -2.08. The van der Waals surface area contributed by atoms with E-state index in [0.29, 0.717) is 0 Å². The van der Waals surface area contributed by atoms with Crippen molar-refractivity contribution in [2.45, 2.75) is 31.5 Å². The van der Waals surface area contributed by atoms with Gasteiger partial charge in [-0.15, -0.1) is 0 Å². The van der Waals surface area contributed by atoms with Crippen LogP contribution in [0.25, 0.3) is 0 Å². The molecule has 8 nitrogen and oxygen atoms in total. The van der Waals surface area contributed by atoms with Gasteiger partial charge in [0.1, 0.15) is 0 Å². The molecular weight excluding hydrogens is 280 g/mol. The summed E-state index contributed by atoms with van der Waals surface area (Å²) < 4.78 is 0. The van der Waals surface area contributed by atoms with Crippen molar-refractivity contribution < 1.29 is 25.0 Å². The zero-order valence-corrected chi connectivity index (χ0v) is 11.6. The van der Waals surface area contributed by atoms with Crippen LogP contribution >= 0.6 is 0 Å². The molecule has 118 valence electrons. The van der Waals surface area contributed by atoms with Gasteiger partial charge < -0.3 is 21.1 Å². The van der Waals surface area contributed by atoms with E-state index in [-0.39, 0.29) is 19.1 Å². The number of rotatable bonds is 6. The van der Waals surface area contributed by atoms with E-state index in [2.05, 4.69) is 0 Å². The van der Waals surface area contributed by atoms with Gasteiger partial charge in [0.05, 0.1) is 12.6 Å². The fraction of sp³-hybridized carbons (Fsp3) is 0.462. The Morgan fingerprint density at radius 2 is 1.90 bits per heavy atom. The highest BCUT2D eigenvalue weighted by molar-refractivity contribution is 5.72. The Balaban J connectivity index is 0.000000382. The molecule has 8 heteroatoms. The molecule has 0 spiro atoms. The normalized spacial score (nSPS) is 14.3. The number of carboxylic acids is 1. The van der Waals surface area contributed by atoms with Crippen LogP contribution in [0.3, 0.4) is 0 Å². The summed E-state index contributed by atoms with van der Waals surface area (Å²) in [5, 5.41) is 35.6. The zero-order valence-electron chi connectivity index (χ0n) is 11.6. The van der Waals surface area contributed by atoms with E-state index in [1.807, 2.05) is 30.3 Å². The van der Waals surface area contributed by atoms with Crippen LogP contribution in [0.1, 0.15) is 24.9 Å². The zero-order chi connectivity index (χ0) is 16.4. The fourth-order valence-electron chi connectivity index (χ4n) is 1.46. The first-order valence-corrected chi connectivity index (χ1v) is 6.30. The van der Waals surface area contributed by atoms with Crippen molar-refractivity contribution in [1.29, 1.82) is 0 Å². The number of hydrogen-bond donors (Lipinski definition) is 4. The van der Waals surface area contributed by atoms with Gasteiger partial charge in [-0.2, -0.15) is 0 Å². The molecule has 0 saturated carbocycles. The Kier molecular flexibility index (Phi) is 8.86. The smallest absolute Gasteiger partial charge is 0.339 e. The first-order valence-electron chi connectivity index (χ1n) is 6.30. The number of aliphatic hydroxyl groups excluding tert-OH is 2. The second kappa shape index (κ2) is 9.81. The van der Waals surface area contributed by atoms with Gasteiger partial charge >= 0.3 is 5.97 Å². The van der Waals surface area contributed by atoms with Crippen molar-refractivity contribution in [3.05, 3.63) is 46.0 Å². The van der Waals surface area contributed by atoms with Gasteiger partial charge in [-0.05, 0) is 5.56 Å². The molecule has 21 heavy (non-hydrogen) atoms. The number of nitro groups is 1. The van der Waals surface area contributed by atoms with Gasteiger partial charge in [-0.1, -0.05) is 37.3 Å². The van der Waals surface area contributed by atoms with E-state index in [1.54, 1.807) is 0 Å². The van der Waals surface area contributed by atoms with Crippen LogP contribution in [0.4, 0.5) is 0 Å². The molecule has 0 aliphatic rings. The van der Waals surface area contributed by atoms with Gasteiger partial charge in [0.25, 0.3) is 0 Å². The molecule has 0 fully saturated rings. The molecule has 0 aromatic heterocycles. The largest absolute Gasteiger partial charge is 0.479 e. The van der Waals surface area contributed by atoms with Crippen molar-refractivity contribution >= 4 is 5.97 Å². The Labute approximate surface area is 122 Å². The number of carbonyl (C=O) groups is 1. The summed E-state index contributed by atoms with van der Waals surface area (Å²) in [4.78, 5) is 19.3. The van der Waals surface area contributed by atoms with E-state index in [4.69, 9.17) is 21.1 Å². The van der Waals surface area contributed by atoms with Crippen molar-refractivity contribution in [2.75, 3.05) is 6.61 Å². The molecule has 0 aliphatic heterocycles. The molecule has 1 aromatic rings. The Morgan fingerprint density at radius 3 is 2.19 bits per heavy atom. The van der Waals surface area contributed by atoms with Crippen LogP contribution in [0.15, 0.2) is 30.3 Å². The van der Waals surface area contributed by atoms with Crippen molar-refractivity contribution in [3.8, 4) is 0 Å². The highest BCUT2D eigenvalue weighted by Crippen LogP contribution is 2.07. The van der Waals surface area contributed by atoms with Crippen LogP contribution in [0.2, 0.25) is 0 Å². The van der Waals surface area contributed by atoms with E-state index in [9.17, 15) is 14.9 Å². The first kappa shape index (κ1) is 19.0. The summed E-state index contributed by atoms with van der Waals surface area (Å²) in [7, 11) is 0. The van der Waals surface area contributed by atoms with Crippen LogP contribution < -0.4 is 5.73 Å². The lowest BCUT2D eigenvalue weighted by molar-refractivity contribution is -0.531. The molecule has 0 aliphatic carbocycles. The quantitative estimate of drug-likeness (QED) is 0.432. The molecule has 0 heterocycles. The molecule has 3 unspecified atom stereocenters.